The fourth-order valence-electron chi connectivity index (χ4n) is 1.45. The van der Waals surface area contributed by atoms with Gasteiger partial charge >= 0.3 is 0 Å². The molecular formula is C10H12BrNO. The summed E-state index contributed by atoms with van der Waals surface area (Å²) in [5.74, 6) is 0.0370. The lowest BCUT2D eigenvalue weighted by Gasteiger charge is -2.07. The number of hydrogen-bond acceptors (Lipinski definition) is 2. The van der Waals surface area contributed by atoms with Crippen molar-refractivity contribution in [2.45, 2.75) is 13.8 Å². The van der Waals surface area contributed by atoms with Crippen LogP contribution in [0.25, 0.3) is 0 Å². The first-order chi connectivity index (χ1) is 6.06. The summed E-state index contributed by atoms with van der Waals surface area (Å²) in [6, 6.07) is 3.79. The van der Waals surface area contributed by atoms with Gasteiger partial charge in [0.05, 0.1) is 5.33 Å². The minimum Gasteiger partial charge on any atom is -0.398 e. The average Bonchev–Trinajstić information content (AvgIpc) is 2.02. The van der Waals surface area contributed by atoms with Crippen LogP contribution in [0.15, 0.2) is 12.1 Å². The van der Waals surface area contributed by atoms with Gasteiger partial charge < -0.3 is 5.73 Å². The van der Waals surface area contributed by atoms with Crippen molar-refractivity contribution >= 4 is 27.4 Å². The quantitative estimate of drug-likeness (QED) is 0.491. The van der Waals surface area contributed by atoms with Crippen molar-refractivity contribution in [2.75, 3.05) is 11.1 Å². The summed E-state index contributed by atoms with van der Waals surface area (Å²) in [4.78, 5) is 11.4. The Kier molecular flexibility index (Phi) is 3.09. The molecule has 0 aliphatic rings. The Balaban J connectivity index is 3.28. The standard InChI is InChI=1S/C10H12BrNO/c1-6-3-7(2)10(8(12)4-6)9(13)5-11/h3-4H,5,12H2,1-2H3. The van der Waals surface area contributed by atoms with Gasteiger partial charge in [-0.3, -0.25) is 4.79 Å². The van der Waals surface area contributed by atoms with E-state index < -0.39 is 0 Å². The Morgan fingerprint density at radius 2 is 2.08 bits per heavy atom. The average molecular weight is 242 g/mol. The maximum absolute atomic E-state index is 11.4. The van der Waals surface area contributed by atoms with Crippen LogP contribution < -0.4 is 5.73 Å². The molecule has 0 spiro atoms. The van der Waals surface area contributed by atoms with Crippen molar-refractivity contribution in [2.24, 2.45) is 0 Å². The van der Waals surface area contributed by atoms with Crippen molar-refractivity contribution in [3.63, 3.8) is 0 Å². The van der Waals surface area contributed by atoms with Gasteiger partial charge in [0.15, 0.2) is 5.78 Å². The summed E-state index contributed by atoms with van der Waals surface area (Å²) in [6.45, 7) is 3.87. The zero-order valence-electron chi connectivity index (χ0n) is 7.73. The van der Waals surface area contributed by atoms with Gasteiger partial charge in [-0.25, -0.2) is 0 Å². The molecule has 1 aromatic rings. The summed E-state index contributed by atoms with van der Waals surface area (Å²) in [7, 11) is 0. The number of rotatable bonds is 2. The number of anilines is 1. The normalized spacial score (nSPS) is 10.1. The molecule has 0 saturated carbocycles. The molecular weight excluding hydrogens is 230 g/mol. The summed E-state index contributed by atoms with van der Waals surface area (Å²) >= 11 is 3.13. The molecule has 2 nitrogen and oxygen atoms in total. The molecule has 1 rings (SSSR count). The monoisotopic (exact) mass is 241 g/mol. The van der Waals surface area contributed by atoms with E-state index in [9.17, 15) is 4.79 Å². The fourth-order valence-corrected chi connectivity index (χ4v) is 1.73. The summed E-state index contributed by atoms with van der Waals surface area (Å²) in [5.41, 5.74) is 9.00. The van der Waals surface area contributed by atoms with E-state index in [1.54, 1.807) is 0 Å². The van der Waals surface area contributed by atoms with E-state index in [1.165, 1.54) is 0 Å². The molecule has 0 amide bonds. The Hall–Kier alpha value is -0.830. The largest absolute Gasteiger partial charge is 0.398 e. The lowest BCUT2D eigenvalue weighted by molar-refractivity contribution is 0.102. The van der Waals surface area contributed by atoms with Gasteiger partial charge in [0, 0.05) is 11.3 Å². The molecule has 1 aromatic carbocycles. The molecule has 0 aromatic heterocycles. The van der Waals surface area contributed by atoms with E-state index >= 15 is 0 Å². The molecule has 0 fully saturated rings. The van der Waals surface area contributed by atoms with E-state index in [-0.39, 0.29) is 5.78 Å². The maximum atomic E-state index is 11.4. The highest BCUT2D eigenvalue weighted by molar-refractivity contribution is 9.09. The van der Waals surface area contributed by atoms with Gasteiger partial charge in [-0.2, -0.15) is 0 Å². The number of ketones is 1. The van der Waals surface area contributed by atoms with Crippen LogP contribution in [-0.4, -0.2) is 11.1 Å². The molecule has 0 saturated heterocycles. The zero-order chi connectivity index (χ0) is 10.0. The summed E-state index contributed by atoms with van der Waals surface area (Å²) in [6.07, 6.45) is 0. The number of halogens is 1. The number of Topliss-reactive ketones (excluding diaryl/α,β-unsaturated/α-hetero) is 1. The SMILES string of the molecule is Cc1cc(C)c(C(=O)CBr)c(N)c1. The van der Waals surface area contributed by atoms with Crippen LogP contribution in [0.3, 0.4) is 0 Å². The van der Waals surface area contributed by atoms with Crippen LogP contribution in [-0.2, 0) is 0 Å². The molecule has 2 N–H and O–H groups in total. The number of carbonyl (C=O) groups excluding carboxylic acids is 1. The number of alkyl halides is 1. The highest BCUT2D eigenvalue weighted by Gasteiger charge is 2.11. The molecule has 0 heterocycles. The van der Waals surface area contributed by atoms with E-state index in [1.807, 2.05) is 26.0 Å². The van der Waals surface area contributed by atoms with Crippen molar-refractivity contribution in [1.29, 1.82) is 0 Å². The second-order valence-corrected chi connectivity index (χ2v) is 3.66. The van der Waals surface area contributed by atoms with Crippen LogP contribution in [0.4, 0.5) is 5.69 Å². The first-order valence-corrected chi connectivity index (χ1v) is 5.14. The lowest BCUT2D eigenvalue weighted by Crippen LogP contribution is -2.07. The van der Waals surface area contributed by atoms with Gasteiger partial charge in [0.2, 0.25) is 0 Å². The summed E-state index contributed by atoms with van der Waals surface area (Å²) < 4.78 is 0. The second kappa shape index (κ2) is 3.92. The van der Waals surface area contributed by atoms with E-state index in [2.05, 4.69) is 15.9 Å². The second-order valence-electron chi connectivity index (χ2n) is 3.10. The summed E-state index contributed by atoms with van der Waals surface area (Å²) in [5, 5.41) is 0.321. The predicted molar refractivity (Wildman–Crippen MR) is 58.5 cm³/mol. The molecule has 0 aliphatic carbocycles. The number of carbonyl (C=O) groups is 1. The highest BCUT2D eigenvalue weighted by atomic mass is 79.9. The van der Waals surface area contributed by atoms with Crippen molar-refractivity contribution in [3.05, 3.63) is 28.8 Å². The van der Waals surface area contributed by atoms with Crippen molar-refractivity contribution in [1.82, 2.24) is 0 Å². The van der Waals surface area contributed by atoms with Crippen molar-refractivity contribution in [3.8, 4) is 0 Å². The number of nitrogen functional groups attached to an aromatic ring is 1. The maximum Gasteiger partial charge on any atom is 0.175 e. The first-order valence-electron chi connectivity index (χ1n) is 4.02. The van der Waals surface area contributed by atoms with Crippen LogP contribution in [0.2, 0.25) is 0 Å². The molecule has 70 valence electrons. The third-order valence-corrected chi connectivity index (χ3v) is 2.42. The molecule has 13 heavy (non-hydrogen) atoms. The molecule has 0 bridgehead atoms. The Labute approximate surface area is 86.3 Å². The Morgan fingerprint density at radius 3 is 2.54 bits per heavy atom. The smallest absolute Gasteiger partial charge is 0.175 e. The van der Waals surface area contributed by atoms with Gasteiger partial charge in [-0.1, -0.05) is 22.0 Å². The Morgan fingerprint density at radius 1 is 1.46 bits per heavy atom. The number of hydrogen-bond donors (Lipinski definition) is 1. The van der Waals surface area contributed by atoms with Crippen LogP contribution in [0.5, 0.6) is 0 Å². The van der Waals surface area contributed by atoms with E-state index in [0.29, 0.717) is 16.6 Å². The molecule has 0 atom stereocenters. The Bertz CT molecular complexity index is 324. The topological polar surface area (TPSA) is 43.1 Å². The highest BCUT2D eigenvalue weighted by Crippen LogP contribution is 2.20. The molecule has 0 aliphatic heterocycles. The third-order valence-electron chi connectivity index (χ3n) is 1.91. The minimum absolute atomic E-state index is 0.0370. The molecule has 3 heteroatoms. The van der Waals surface area contributed by atoms with Gasteiger partial charge in [-0.15, -0.1) is 0 Å². The number of benzene rings is 1. The fraction of sp³-hybridized carbons (Fsp3) is 0.300. The third kappa shape index (κ3) is 2.10. The van der Waals surface area contributed by atoms with Gasteiger partial charge in [0.25, 0.3) is 0 Å². The van der Waals surface area contributed by atoms with Gasteiger partial charge in [-0.05, 0) is 31.0 Å². The minimum atomic E-state index is 0.0370. The van der Waals surface area contributed by atoms with E-state index in [4.69, 9.17) is 5.73 Å². The first kappa shape index (κ1) is 10.3. The van der Waals surface area contributed by atoms with Crippen LogP contribution in [0, 0.1) is 13.8 Å². The number of nitrogens with two attached hydrogens (primary N) is 1. The molecule has 0 unspecified atom stereocenters. The lowest BCUT2D eigenvalue weighted by atomic mass is 10.0. The van der Waals surface area contributed by atoms with E-state index in [0.717, 1.165) is 11.1 Å². The molecule has 0 radical (unpaired) electrons. The van der Waals surface area contributed by atoms with Crippen LogP contribution in [0.1, 0.15) is 21.5 Å². The van der Waals surface area contributed by atoms with Gasteiger partial charge in [0.1, 0.15) is 0 Å². The van der Waals surface area contributed by atoms with Crippen molar-refractivity contribution < 1.29 is 4.79 Å². The van der Waals surface area contributed by atoms with Crippen LogP contribution >= 0.6 is 15.9 Å². The number of aryl methyl sites for hydroxylation is 2. The predicted octanol–water partition coefficient (Wildman–Crippen LogP) is 2.46. The zero-order valence-corrected chi connectivity index (χ0v) is 9.31.